The predicted octanol–water partition coefficient (Wildman–Crippen LogP) is 1.59. The van der Waals surface area contributed by atoms with Crippen LogP contribution in [0.1, 0.15) is 5.56 Å². The van der Waals surface area contributed by atoms with Crippen molar-refractivity contribution in [3.8, 4) is 0 Å². The van der Waals surface area contributed by atoms with Crippen LogP contribution in [0.5, 0.6) is 0 Å². The standard InChI is InChI=1S/C11H8F3NO3/c12-11(13,14)10(18)15-7-4-2-1-3-6(7)5-8(15)9(16)17/h1-4,8H,5H2,(H,16,17). The molecule has 0 bridgehead atoms. The minimum Gasteiger partial charge on any atom is -0.480 e. The van der Waals surface area contributed by atoms with Crippen LogP contribution in [0.2, 0.25) is 0 Å². The third kappa shape index (κ3) is 1.92. The number of para-hydroxylation sites is 1. The van der Waals surface area contributed by atoms with Gasteiger partial charge in [-0.05, 0) is 11.6 Å². The van der Waals surface area contributed by atoms with E-state index < -0.39 is 24.1 Å². The molecule has 1 atom stereocenters. The smallest absolute Gasteiger partial charge is 0.471 e. The molecule has 1 aliphatic heterocycles. The number of halogens is 3. The fraction of sp³-hybridized carbons (Fsp3) is 0.273. The first-order valence-electron chi connectivity index (χ1n) is 5.03. The van der Waals surface area contributed by atoms with Crippen LogP contribution in [0.15, 0.2) is 24.3 Å². The topological polar surface area (TPSA) is 57.6 Å². The van der Waals surface area contributed by atoms with Gasteiger partial charge in [0.25, 0.3) is 0 Å². The Morgan fingerprint density at radius 1 is 1.28 bits per heavy atom. The Balaban J connectivity index is 2.47. The van der Waals surface area contributed by atoms with E-state index in [0.717, 1.165) is 0 Å². The number of fused-ring (bicyclic) bond motifs is 1. The van der Waals surface area contributed by atoms with Crippen molar-refractivity contribution in [3.63, 3.8) is 0 Å². The first-order valence-corrected chi connectivity index (χ1v) is 5.03. The van der Waals surface area contributed by atoms with Crippen molar-refractivity contribution in [1.29, 1.82) is 0 Å². The van der Waals surface area contributed by atoms with Gasteiger partial charge >= 0.3 is 18.1 Å². The summed E-state index contributed by atoms with van der Waals surface area (Å²) in [5.74, 6) is -3.61. The number of carboxylic acid groups (broad SMARTS) is 1. The van der Waals surface area contributed by atoms with Crippen molar-refractivity contribution >= 4 is 17.6 Å². The molecule has 0 spiro atoms. The summed E-state index contributed by atoms with van der Waals surface area (Å²) in [5.41, 5.74) is 0.426. The van der Waals surface area contributed by atoms with Crippen LogP contribution in [0.25, 0.3) is 0 Å². The summed E-state index contributed by atoms with van der Waals surface area (Å²) < 4.78 is 37.3. The van der Waals surface area contributed by atoms with Crippen molar-refractivity contribution in [2.24, 2.45) is 0 Å². The van der Waals surface area contributed by atoms with Crippen LogP contribution >= 0.6 is 0 Å². The molecule has 4 nitrogen and oxygen atoms in total. The number of nitrogens with zero attached hydrogens (tertiary/aromatic N) is 1. The van der Waals surface area contributed by atoms with Crippen LogP contribution < -0.4 is 4.90 Å². The summed E-state index contributed by atoms with van der Waals surface area (Å²) in [6, 6.07) is 4.35. The number of alkyl halides is 3. The van der Waals surface area contributed by atoms with Gasteiger partial charge in [-0.15, -0.1) is 0 Å². The molecule has 0 saturated carbocycles. The maximum atomic E-state index is 12.4. The molecule has 1 aromatic carbocycles. The quantitative estimate of drug-likeness (QED) is 0.833. The number of hydrogen-bond donors (Lipinski definition) is 1. The highest BCUT2D eigenvalue weighted by molar-refractivity contribution is 6.04. The number of amides is 1. The fourth-order valence-corrected chi connectivity index (χ4v) is 1.97. The number of rotatable bonds is 1. The zero-order valence-corrected chi connectivity index (χ0v) is 8.94. The highest BCUT2D eigenvalue weighted by Gasteiger charge is 2.49. The number of anilines is 1. The van der Waals surface area contributed by atoms with Gasteiger partial charge in [-0.1, -0.05) is 18.2 Å². The Morgan fingerprint density at radius 2 is 1.89 bits per heavy atom. The Bertz CT molecular complexity index is 513. The zero-order chi connectivity index (χ0) is 13.5. The second-order valence-electron chi connectivity index (χ2n) is 3.86. The maximum Gasteiger partial charge on any atom is 0.471 e. The fourth-order valence-electron chi connectivity index (χ4n) is 1.97. The highest BCUT2D eigenvalue weighted by atomic mass is 19.4. The zero-order valence-electron chi connectivity index (χ0n) is 8.94. The molecule has 18 heavy (non-hydrogen) atoms. The Labute approximate surface area is 99.6 Å². The van der Waals surface area contributed by atoms with Crippen molar-refractivity contribution < 1.29 is 27.9 Å². The molecule has 0 fully saturated rings. The van der Waals surface area contributed by atoms with Gasteiger partial charge in [-0.2, -0.15) is 13.2 Å². The van der Waals surface area contributed by atoms with E-state index in [9.17, 15) is 22.8 Å². The summed E-state index contributed by atoms with van der Waals surface area (Å²) in [5, 5.41) is 8.91. The van der Waals surface area contributed by atoms with Gasteiger partial charge in [0.05, 0.1) is 0 Å². The van der Waals surface area contributed by atoms with Gasteiger partial charge < -0.3 is 5.11 Å². The predicted molar refractivity (Wildman–Crippen MR) is 55.1 cm³/mol. The molecule has 7 heteroatoms. The summed E-state index contributed by atoms with van der Waals surface area (Å²) in [4.78, 5) is 22.5. The van der Waals surface area contributed by atoms with E-state index >= 15 is 0 Å². The van der Waals surface area contributed by atoms with Gasteiger partial charge in [-0.3, -0.25) is 9.69 Å². The number of carboxylic acids is 1. The normalized spacial score (nSPS) is 18.6. The van der Waals surface area contributed by atoms with Crippen molar-refractivity contribution in [1.82, 2.24) is 0 Å². The molecule has 1 amide bonds. The van der Waals surface area contributed by atoms with E-state index in [0.29, 0.717) is 10.5 Å². The van der Waals surface area contributed by atoms with Crippen LogP contribution in [-0.4, -0.2) is 29.2 Å². The maximum absolute atomic E-state index is 12.4. The first-order chi connectivity index (χ1) is 8.32. The first kappa shape index (κ1) is 12.4. The van der Waals surface area contributed by atoms with Crippen molar-refractivity contribution in [3.05, 3.63) is 29.8 Å². The number of carbonyl (C=O) groups is 2. The third-order valence-electron chi connectivity index (χ3n) is 2.72. The van der Waals surface area contributed by atoms with Crippen LogP contribution in [0.4, 0.5) is 18.9 Å². The van der Waals surface area contributed by atoms with Crippen molar-refractivity contribution in [2.75, 3.05) is 4.90 Å². The molecule has 1 aromatic rings. The molecule has 0 saturated heterocycles. The lowest BCUT2D eigenvalue weighted by atomic mass is 10.1. The number of aliphatic carboxylic acids is 1. The summed E-state index contributed by atoms with van der Waals surface area (Å²) >= 11 is 0. The van der Waals surface area contributed by atoms with E-state index in [4.69, 9.17) is 5.11 Å². The lowest BCUT2D eigenvalue weighted by Crippen LogP contribution is -2.48. The molecular weight excluding hydrogens is 251 g/mol. The second-order valence-corrected chi connectivity index (χ2v) is 3.86. The Kier molecular flexibility index (Phi) is 2.76. The van der Waals surface area contributed by atoms with Gasteiger partial charge in [0, 0.05) is 12.1 Å². The molecule has 2 rings (SSSR count). The minimum absolute atomic E-state index is 0.00669. The molecule has 0 radical (unpaired) electrons. The van der Waals surface area contributed by atoms with E-state index in [1.165, 1.54) is 18.2 Å². The monoisotopic (exact) mass is 259 g/mol. The van der Waals surface area contributed by atoms with Gasteiger partial charge in [0.2, 0.25) is 0 Å². The van der Waals surface area contributed by atoms with E-state index in [2.05, 4.69) is 0 Å². The van der Waals surface area contributed by atoms with Crippen LogP contribution in [0, 0.1) is 0 Å². The van der Waals surface area contributed by atoms with E-state index in [1.807, 2.05) is 0 Å². The largest absolute Gasteiger partial charge is 0.480 e. The molecule has 1 unspecified atom stereocenters. The average molecular weight is 259 g/mol. The van der Waals surface area contributed by atoms with Crippen LogP contribution in [-0.2, 0) is 16.0 Å². The lowest BCUT2D eigenvalue weighted by Gasteiger charge is -2.23. The lowest BCUT2D eigenvalue weighted by molar-refractivity contribution is -0.171. The SMILES string of the molecule is O=C(O)C1Cc2ccccc2N1C(=O)C(F)(F)F. The molecule has 1 N–H and O–H groups in total. The second kappa shape index (κ2) is 4.01. The summed E-state index contributed by atoms with van der Waals surface area (Å²) in [6.07, 6.45) is -5.21. The van der Waals surface area contributed by atoms with Crippen molar-refractivity contribution in [2.45, 2.75) is 18.6 Å². The van der Waals surface area contributed by atoms with Gasteiger partial charge in [0.15, 0.2) is 0 Å². The molecule has 96 valence electrons. The number of benzene rings is 1. The summed E-state index contributed by atoms with van der Waals surface area (Å²) in [6.45, 7) is 0. The molecule has 1 heterocycles. The Hall–Kier alpha value is -2.05. The number of carbonyl (C=O) groups excluding carboxylic acids is 1. The van der Waals surface area contributed by atoms with E-state index in [1.54, 1.807) is 6.07 Å². The summed E-state index contributed by atoms with van der Waals surface area (Å²) in [7, 11) is 0. The van der Waals surface area contributed by atoms with Gasteiger partial charge in [0.1, 0.15) is 6.04 Å². The highest BCUT2D eigenvalue weighted by Crippen LogP contribution is 2.35. The van der Waals surface area contributed by atoms with Crippen LogP contribution in [0.3, 0.4) is 0 Å². The van der Waals surface area contributed by atoms with E-state index in [-0.39, 0.29) is 12.1 Å². The average Bonchev–Trinajstić information content (AvgIpc) is 2.65. The molecule has 1 aliphatic rings. The molecular formula is C11H8F3NO3. The third-order valence-corrected chi connectivity index (χ3v) is 2.72. The molecule has 0 aliphatic carbocycles. The minimum atomic E-state index is -5.09. The number of hydrogen-bond acceptors (Lipinski definition) is 2. The Morgan fingerprint density at radius 3 is 2.44 bits per heavy atom. The van der Waals surface area contributed by atoms with Gasteiger partial charge in [-0.25, -0.2) is 4.79 Å². The molecule has 0 aromatic heterocycles.